The minimum atomic E-state index is -0.178. The zero-order valence-corrected chi connectivity index (χ0v) is 13.8. The molecule has 3 heterocycles. The molecule has 1 aliphatic rings. The van der Waals surface area contributed by atoms with Gasteiger partial charge in [0, 0.05) is 24.7 Å². The van der Waals surface area contributed by atoms with Crippen molar-refractivity contribution in [2.24, 2.45) is 0 Å². The molecular weight excluding hydrogens is 318 g/mol. The Morgan fingerprint density at radius 2 is 2.16 bits per heavy atom. The van der Waals surface area contributed by atoms with Crippen LogP contribution < -0.4 is 5.56 Å². The molecule has 126 valence electrons. The fourth-order valence-corrected chi connectivity index (χ4v) is 3.05. The Balaban J connectivity index is 1.62. The standard InChI is InChI=1S/C18H17N5O2/c1-12-5-8-23(21-12)14-4-2-3-13(9-14)18(25)22-7-6-16-15(10-22)17(24)20-11-19-16/h2-5,8-9,11H,6-7,10H2,1H3,(H,19,20,24). The molecule has 0 fully saturated rings. The van der Waals surface area contributed by atoms with Gasteiger partial charge in [0.15, 0.2) is 0 Å². The summed E-state index contributed by atoms with van der Waals surface area (Å²) in [5, 5.41) is 4.37. The van der Waals surface area contributed by atoms with Gasteiger partial charge in [-0.15, -0.1) is 0 Å². The first-order valence-electron chi connectivity index (χ1n) is 8.09. The first-order chi connectivity index (χ1) is 12.1. The highest BCUT2D eigenvalue weighted by atomic mass is 16.2. The van der Waals surface area contributed by atoms with Crippen molar-refractivity contribution in [3.8, 4) is 5.69 Å². The van der Waals surface area contributed by atoms with Crippen molar-refractivity contribution in [3.63, 3.8) is 0 Å². The molecule has 2 aromatic heterocycles. The molecule has 1 N–H and O–H groups in total. The van der Waals surface area contributed by atoms with Crippen LogP contribution in [0.25, 0.3) is 5.69 Å². The summed E-state index contributed by atoms with van der Waals surface area (Å²) in [5.74, 6) is -0.0976. The fraction of sp³-hybridized carbons (Fsp3) is 0.222. The number of benzene rings is 1. The highest BCUT2D eigenvalue weighted by Gasteiger charge is 2.24. The molecule has 0 bridgehead atoms. The predicted molar refractivity (Wildman–Crippen MR) is 91.6 cm³/mol. The van der Waals surface area contributed by atoms with Crippen molar-refractivity contribution in [1.29, 1.82) is 0 Å². The van der Waals surface area contributed by atoms with Gasteiger partial charge < -0.3 is 9.88 Å². The van der Waals surface area contributed by atoms with E-state index in [-0.39, 0.29) is 18.0 Å². The van der Waals surface area contributed by atoms with Gasteiger partial charge in [-0.3, -0.25) is 9.59 Å². The van der Waals surface area contributed by atoms with Crippen LogP contribution in [0.4, 0.5) is 0 Å². The SMILES string of the molecule is Cc1ccn(-c2cccc(C(=O)N3CCc4nc[nH]c(=O)c4C3)c2)n1. The Labute approximate surface area is 143 Å². The van der Waals surface area contributed by atoms with Crippen molar-refractivity contribution in [2.75, 3.05) is 6.54 Å². The monoisotopic (exact) mass is 335 g/mol. The number of aromatic amines is 1. The maximum Gasteiger partial charge on any atom is 0.255 e. The number of fused-ring (bicyclic) bond motifs is 1. The number of amides is 1. The summed E-state index contributed by atoms with van der Waals surface area (Å²) in [4.78, 5) is 33.3. The van der Waals surface area contributed by atoms with Gasteiger partial charge in [-0.05, 0) is 31.2 Å². The highest BCUT2D eigenvalue weighted by Crippen LogP contribution is 2.18. The molecule has 0 aliphatic carbocycles. The average Bonchev–Trinajstić information content (AvgIpc) is 3.08. The van der Waals surface area contributed by atoms with Gasteiger partial charge >= 0.3 is 0 Å². The van der Waals surface area contributed by atoms with Crippen LogP contribution in [0.2, 0.25) is 0 Å². The van der Waals surface area contributed by atoms with Gasteiger partial charge in [-0.2, -0.15) is 5.10 Å². The van der Waals surface area contributed by atoms with E-state index < -0.39 is 0 Å². The number of rotatable bonds is 2. The van der Waals surface area contributed by atoms with E-state index in [1.54, 1.807) is 15.6 Å². The van der Waals surface area contributed by atoms with Gasteiger partial charge in [-0.25, -0.2) is 9.67 Å². The molecule has 1 aliphatic heterocycles. The summed E-state index contributed by atoms with van der Waals surface area (Å²) in [6.45, 7) is 2.75. The van der Waals surface area contributed by atoms with E-state index in [2.05, 4.69) is 15.1 Å². The maximum atomic E-state index is 12.9. The Kier molecular flexibility index (Phi) is 3.68. The van der Waals surface area contributed by atoms with E-state index in [4.69, 9.17) is 0 Å². The Bertz CT molecular complexity index is 1000. The van der Waals surface area contributed by atoms with E-state index in [0.29, 0.717) is 24.1 Å². The number of nitrogens with one attached hydrogen (secondary N) is 1. The van der Waals surface area contributed by atoms with E-state index in [1.165, 1.54) is 6.33 Å². The van der Waals surface area contributed by atoms with Crippen LogP contribution >= 0.6 is 0 Å². The Hall–Kier alpha value is -3.22. The molecule has 0 spiro atoms. The number of H-pyrrole nitrogens is 1. The molecule has 0 saturated carbocycles. The van der Waals surface area contributed by atoms with E-state index in [9.17, 15) is 9.59 Å². The summed E-state index contributed by atoms with van der Waals surface area (Å²) in [7, 11) is 0. The molecule has 0 unspecified atom stereocenters. The van der Waals surface area contributed by atoms with Crippen LogP contribution in [0.15, 0.2) is 47.7 Å². The molecule has 0 saturated heterocycles. The molecule has 7 nitrogen and oxygen atoms in total. The topological polar surface area (TPSA) is 83.9 Å². The highest BCUT2D eigenvalue weighted by molar-refractivity contribution is 5.94. The molecule has 0 radical (unpaired) electrons. The van der Waals surface area contributed by atoms with Crippen molar-refractivity contribution in [2.45, 2.75) is 19.9 Å². The van der Waals surface area contributed by atoms with Crippen LogP contribution in [-0.2, 0) is 13.0 Å². The quantitative estimate of drug-likeness (QED) is 0.768. The number of carbonyl (C=O) groups excluding carboxylic acids is 1. The van der Waals surface area contributed by atoms with E-state index in [1.807, 2.05) is 37.4 Å². The van der Waals surface area contributed by atoms with Gasteiger partial charge in [0.05, 0.1) is 35.5 Å². The second-order valence-corrected chi connectivity index (χ2v) is 6.09. The minimum Gasteiger partial charge on any atom is -0.334 e. The zero-order chi connectivity index (χ0) is 17.4. The largest absolute Gasteiger partial charge is 0.334 e. The third kappa shape index (κ3) is 2.84. The van der Waals surface area contributed by atoms with Crippen LogP contribution in [0.5, 0.6) is 0 Å². The number of nitrogens with zero attached hydrogens (tertiary/aromatic N) is 4. The lowest BCUT2D eigenvalue weighted by molar-refractivity contribution is 0.0732. The van der Waals surface area contributed by atoms with Gasteiger partial charge in [0.1, 0.15) is 0 Å². The molecule has 0 atom stereocenters. The van der Waals surface area contributed by atoms with Crippen LogP contribution in [-0.4, -0.2) is 37.1 Å². The Morgan fingerprint density at radius 3 is 2.96 bits per heavy atom. The summed E-state index contributed by atoms with van der Waals surface area (Å²) < 4.78 is 1.74. The molecule has 1 aromatic carbocycles. The number of aromatic nitrogens is 4. The van der Waals surface area contributed by atoms with Gasteiger partial charge in [0.2, 0.25) is 0 Å². The van der Waals surface area contributed by atoms with Crippen molar-refractivity contribution in [3.05, 3.63) is 75.7 Å². The lowest BCUT2D eigenvalue weighted by Gasteiger charge is -2.27. The summed E-state index contributed by atoms with van der Waals surface area (Å²) in [6.07, 6.45) is 3.86. The minimum absolute atomic E-state index is 0.0976. The molecule has 25 heavy (non-hydrogen) atoms. The smallest absolute Gasteiger partial charge is 0.255 e. The van der Waals surface area contributed by atoms with Crippen molar-refractivity contribution in [1.82, 2.24) is 24.6 Å². The normalized spacial score (nSPS) is 13.6. The summed E-state index contributed by atoms with van der Waals surface area (Å²) >= 11 is 0. The van der Waals surface area contributed by atoms with Crippen molar-refractivity contribution >= 4 is 5.91 Å². The third-order valence-corrected chi connectivity index (χ3v) is 4.37. The summed E-state index contributed by atoms with van der Waals surface area (Å²) in [6, 6.07) is 9.26. The number of hydrogen-bond acceptors (Lipinski definition) is 4. The van der Waals surface area contributed by atoms with Gasteiger partial charge in [-0.1, -0.05) is 6.07 Å². The average molecular weight is 335 g/mol. The lowest BCUT2D eigenvalue weighted by Crippen LogP contribution is -2.39. The van der Waals surface area contributed by atoms with E-state index >= 15 is 0 Å². The van der Waals surface area contributed by atoms with Crippen LogP contribution in [0, 0.1) is 6.92 Å². The second-order valence-electron chi connectivity index (χ2n) is 6.09. The first kappa shape index (κ1) is 15.3. The number of carbonyl (C=O) groups is 1. The first-order valence-corrected chi connectivity index (χ1v) is 8.09. The molecule has 4 rings (SSSR count). The summed E-state index contributed by atoms with van der Waals surface area (Å²) in [5.41, 5.74) is 3.49. The number of hydrogen-bond donors (Lipinski definition) is 1. The lowest BCUT2D eigenvalue weighted by atomic mass is 10.1. The second kappa shape index (κ2) is 6.01. The Morgan fingerprint density at radius 1 is 1.28 bits per heavy atom. The third-order valence-electron chi connectivity index (χ3n) is 4.37. The zero-order valence-electron chi connectivity index (χ0n) is 13.8. The fourth-order valence-electron chi connectivity index (χ4n) is 3.05. The van der Waals surface area contributed by atoms with Crippen molar-refractivity contribution < 1.29 is 4.79 Å². The molecule has 7 heteroatoms. The predicted octanol–water partition coefficient (Wildman–Crippen LogP) is 1.46. The van der Waals surface area contributed by atoms with Gasteiger partial charge in [0.25, 0.3) is 11.5 Å². The molecule has 1 amide bonds. The maximum absolute atomic E-state index is 12.9. The molecular formula is C18H17N5O2. The van der Waals surface area contributed by atoms with Crippen LogP contribution in [0.1, 0.15) is 27.3 Å². The molecule has 3 aromatic rings. The van der Waals surface area contributed by atoms with E-state index in [0.717, 1.165) is 17.1 Å². The van der Waals surface area contributed by atoms with Crippen LogP contribution in [0.3, 0.4) is 0 Å². The number of aryl methyl sites for hydroxylation is 1.